The fourth-order valence-electron chi connectivity index (χ4n) is 3.41. The minimum Gasteiger partial charge on any atom is -0.494 e. The smallest absolute Gasteiger partial charge is 0.238 e. The first-order chi connectivity index (χ1) is 16.5. The van der Waals surface area contributed by atoms with E-state index in [4.69, 9.17) is 16.3 Å². The Morgan fingerprint density at radius 3 is 2.47 bits per heavy atom. The van der Waals surface area contributed by atoms with Gasteiger partial charge in [0.25, 0.3) is 0 Å². The topological polar surface area (TPSA) is 71.0 Å². The molecule has 8 heteroatoms. The molecule has 6 nitrogen and oxygen atoms in total. The van der Waals surface area contributed by atoms with Gasteiger partial charge >= 0.3 is 0 Å². The number of hydrogen-bond donors (Lipinski definition) is 1. The molecule has 1 fully saturated rings. The summed E-state index contributed by atoms with van der Waals surface area (Å²) in [6, 6.07) is 23.9. The van der Waals surface area contributed by atoms with E-state index < -0.39 is 5.25 Å². The Kier molecular flexibility index (Phi) is 7.87. The standard InChI is InChI=1S/C26H24ClN3O3S/c1-2-33-22-14-12-20(13-15-22)28-25(32)23-16-24(31)30(17-18-6-4-3-5-7-18)26(34-23)29-21-10-8-19(27)9-11-21/h3-15,23H,2,16-17H2,1H3,(H,28,32). The van der Waals surface area contributed by atoms with Crippen LogP contribution in [0.3, 0.4) is 0 Å². The molecule has 1 atom stereocenters. The number of benzene rings is 3. The summed E-state index contributed by atoms with van der Waals surface area (Å²) in [7, 11) is 0. The maximum Gasteiger partial charge on any atom is 0.238 e. The van der Waals surface area contributed by atoms with Crippen molar-refractivity contribution in [1.82, 2.24) is 4.90 Å². The van der Waals surface area contributed by atoms with Crippen molar-refractivity contribution in [2.75, 3.05) is 11.9 Å². The van der Waals surface area contributed by atoms with Gasteiger partial charge < -0.3 is 10.1 Å². The van der Waals surface area contributed by atoms with E-state index in [1.54, 1.807) is 53.4 Å². The van der Waals surface area contributed by atoms with E-state index in [2.05, 4.69) is 10.3 Å². The molecule has 3 aromatic carbocycles. The molecule has 1 aliphatic rings. The number of anilines is 1. The molecule has 174 valence electrons. The Bertz CT molecular complexity index is 1170. The molecule has 0 spiro atoms. The number of aliphatic imine (C=N–C) groups is 1. The van der Waals surface area contributed by atoms with Gasteiger partial charge in [-0.3, -0.25) is 14.5 Å². The number of thioether (sulfide) groups is 1. The summed E-state index contributed by atoms with van der Waals surface area (Å²) >= 11 is 7.29. The highest BCUT2D eigenvalue weighted by Crippen LogP contribution is 2.31. The van der Waals surface area contributed by atoms with Gasteiger partial charge in [-0.1, -0.05) is 53.7 Å². The van der Waals surface area contributed by atoms with Crippen LogP contribution in [-0.2, 0) is 16.1 Å². The number of amidine groups is 1. The molecule has 1 saturated heterocycles. The zero-order valence-electron chi connectivity index (χ0n) is 18.6. The highest BCUT2D eigenvalue weighted by Gasteiger charge is 2.36. The Morgan fingerprint density at radius 1 is 1.09 bits per heavy atom. The summed E-state index contributed by atoms with van der Waals surface area (Å²) in [5.74, 6) is 0.337. The zero-order chi connectivity index (χ0) is 23.9. The van der Waals surface area contributed by atoms with Crippen molar-refractivity contribution in [3.05, 3.63) is 89.4 Å². The molecule has 1 unspecified atom stereocenters. The van der Waals surface area contributed by atoms with E-state index in [9.17, 15) is 9.59 Å². The van der Waals surface area contributed by atoms with Crippen molar-refractivity contribution in [3.63, 3.8) is 0 Å². The number of nitrogens with one attached hydrogen (secondary N) is 1. The number of ether oxygens (including phenoxy) is 1. The second kappa shape index (κ2) is 11.2. The molecule has 1 aliphatic heterocycles. The molecule has 1 N–H and O–H groups in total. The fourth-order valence-corrected chi connectivity index (χ4v) is 4.64. The maximum atomic E-state index is 13.2. The summed E-state index contributed by atoms with van der Waals surface area (Å²) in [5.41, 5.74) is 2.28. The number of hydrogen-bond acceptors (Lipinski definition) is 5. The molecular weight excluding hydrogens is 470 g/mol. The molecule has 0 saturated carbocycles. The average molecular weight is 494 g/mol. The molecule has 2 amide bonds. The third-order valence-electron chi connectivity index (χ3n) is 5.10. The number of carbonyl (C=O) groups is 2. The summed E-state index contributed by atoms with van der Waals surface area (Å²) in [4.78, 5) is 32.5. The van der Waals surface area contributed by atoms with Crippen LogP contribution in [0.15, 0.2) is 83.9 Å². The summed E-state index contributed by atoms with van der Waals surface area (Å²) in [6.45, 7) is 2.87. The molecule has 3 aromatic rings. The van der Waals surface area contributed by atoms with E-state index in [1.807, 2.05) is 37.3 Å². The Hall–Kier alpha value is -3.29. The van der Waals surface area contributed by atoms with E-state index in [0.717, 1.165) is 11.3 Å². The van der Waals surface area contributed by atoms with Crippen LogP contribution < -0.4 is 10.1 Å². The summed E-state index contributed by atoms with van der Waals surface area (Å²) in [5, 5.41) is 3.38. The van der Waals surface area contributed by atoms with Crippen LogP contribution in [-0.4, -0.2) is 33.7 Å². The minimum atomic E-state index is -0.600. The lowest BCUT2D eigenvalue weighted by Crippen LogP contribution is -2.44. The largest absolute Gasteiger partial charge is 0.494 e. The van der Waals surface area contributed by atoms with Crippen molar-refractivity contribution < 1.29 is 14.3 Å². The fraction of sp³-hybridized carbons (Fsp3) is 0.192. The van der Waals surface area contributed by atoms with Crippen LogP contribution in [0.1, 0.15) is 18.9 Å². The Labute approximate surface area is 208 Å². The quantitative estimate of drug-likeness (QED) is 0.445. The number of rotatable bonds is 7. The van der Waals surface area contributed by atoms with Crippen molar-refractivity contribution in [1.29, 1.82) is 0 Å². The molecule has 34 heavy (non-hydrogen) atoms. The predicted molar refractivity (Wildman–Crippen MR) is 138 cm³/mol. The average Bonchev–Trinajstić information content (AvgIpc) is 2.84. The van der Waals surface area contributed by atoms with Crippen molar-refractivity contribution >= 4 is 51.7 Å². The Morgan fingerprint density at radius 2 is 1.79 bits per heavy atom. The van der Waals surface area contributed by atoms with Crippen LogP contribution >= 0.6 is 23.4 Å². The van der Waals surface area contributed by atoms with Gasteiger partial charge in [-0.05, 0) is 61.0 Å². The minimum absolute atomic E-state index is 0.0833. The molecular formula is C26H24ClN3O3S. The molecule has 0 radical (unpaired) electrons. The third-order valence-corrected chi connectivity index (χ3v) is 6.54. The number of amides is 2. The third kappa shape index (κ3) is 6.18. The number of halogens is 1. The van der Waals surface area contributed by atoms with Gasteiger partial charge in [-0.25, -0.2) is 4.99 Å². The number of nitrogens with zero attached hydrogens (tertiary/aromatic N) is 2. The van der Waals surface area contributed by atoms with E-state index >= 15 is 0 Å². The maximum absolute atomic E-state index is 13.2. The van der Waals surface area contributed by atoms with Crippen LogP contribution in [0.4, 0.5) is 11.4 Å². The normalized spacial score (nSPS) is 17.0. The lowest BCUT2D eigenvalue weighted by Gasteiger charge is -2.32. The van der Waals surface area contributed by atoms with E-state index in [0.29, 0.717) is 34.7 Å². The molecule has 0 aromatic heterocycles. The SMILES string of the molecule is CCOc1ccc(NC(=O)C2CC(=O)N(Cc3ccccc3)C(=Nc3ccc(Cl)cc3)S2)cc1. The van der Waals surface area contributed by atoms with Gasteiger partial charge in [0.05, 0.1) is 18.8 Å². The monoisotopic (exact) mass is 493 g/mol. The van der Waals surface area contributed by atoms with E-state index in [1.165, 1.54) is 11.8 Å². The van der Waals surface area contributed by atoms with Gasteiger partial charge in [0.15, 0.2) is 5.17 Å². The predicted octanol–water partition coefficient (Wildman–Crippen LogP) is 5.90. The van der Waals surface area contributed by atoms with Crippen molar-refractivity contribution in [2.45, 2.75) is 25.1 Å². The first-order valence-corrected chi connectivity index (χ1v) is 12.2. The zero-order valence-corrected chi connectivity index (χ0v) is 20.2. The molecule has 0 bridgehead atoms. The Balaban J connectivity index is 1.54. The van der Waals surface area contributed by atoms with Gasteiger partial charge in [-0.15, -0.1) is 0 Å². The van der Waals surface area contributed by atoms with Gasteiger partial charge in [0, 0.05) is 17.1 Å². The van der Waals surface area contributed by atoms with Crippen LogP contribution in [0.2, 0.25) is 5.02 Å². The highest BCUT2D eigenvalue weighted by molar-refractivity contribution is 8.15. The van der Waals surface area contributed by atoms with Crippen LogP contribution in [0.5, 0.6) is 5.75 Å². The lowest BCUT2D eigenvalue weighted by molar-refractivity contribution is -0.129. The highest BCUT2D eigenvalue weighted by atomic mass is 35.5. The summed E-state index contributed by atoms with van der Waals surface area (Å²) < 4.78 is 5.44. The van der Waals surface area contributed by atoms with Crippen molar-refractivity contribution in [3.8, 4) is 5.75 Å². The summed E-state index contributed by atoms with van der Waals surface area (Å²) in [6.07, 6.45) is 0.0833. The van der Waals surface area contributed by atoms with Gasteiger partial charge in [0.2, 0.25) is 11.8 Å². The van der Waals surface area contributed by atoms with Crippen LogP contribution in [0.25, 0.3) is 0 Å². The molecule has 1 heterocycles. The van der Waals surface area contributed by atoms with Crippen molar-refractivity contribution in [2.24, 2.45) is 4.99 Å². The molecule has 0 aliphatic carbocycles. The number of carbonyl (C=O) groups excluding carboxylic acids is 2. The van der Waals surface area contributed by atoms with E-state index in [-0.39, 0.29) is 18.2 Å². The second-order valence-corrected chi connectivity index (χ2v) is 9.20. The lowest BCUT2D eigenvalue weighted by atomic mass is 10.2. The second-order valence-electron chi connectivity index (χ2n) is 7.59. The van der Waals surface area contributed by atoms with Crippen LogP contribution in [0, 0.1) is 0 Å². The first-order valence-electron chi connectivity index (χ1n) is 10.9. The molecule has 4 rings (SSSR count). The van der Waals surface area contributed by atoms with Gasteiger partial charge in [-0.2, -0.15) is 0 Å². The first kappa shape index (κ1) is 23.9. The van der Waals surface area contributed by atoms with Gasteiger partial charge in [0.1, 0.15) is 11.0 Å².